The number of alkyl halides is 1. The zero-order valence-corrected chi connectivity index (χ0v) is 16.1. The molecule has 5 nitrogen and oxygen atoms in total. The first-order valence-corrected chi connectivity index (χ1v) is 9.10. The van der Waals surface area contributed by atoms with Crippen LogP contribution in [0, 0.1) is 0 Å². The third-order valence-electron chi connectivity index (χ3n) is 4.05. The Balaban J connectivity index is 2.16. The molecule has 0 spiro atoms. The molecular weight excluding hydrogens is 352 g/mol. The molecule has 26 heavy (non-hydrogen) atoms. The first kappa shape index (κ1) is 20.0. The van der Waals surface area contributed by atoms with Crippen molar-refractivity contribution in [1.29, 1.82) is 0 Å². The largest absolute Gasteiger partial charge is 0.467 e. The number of hydrogen-bond acceptors (Lipinski definition) is 3. The van der Waals surface area contributed by atoms with Gasteiger partial charge in [-0.25, -0.2) is 0 Å². The molecule has 2 amide bonds. The van der Waals surface area contributed by atoms with Crippen molar-refractivity contribution >= 4 is 23.4 Å². The van der Waals surface area contributed by atoms with E-state index in [2.05, 4.69) is 0 Å². The van der Waals surface area contributed by atoms with Gasteiger partial charge in [0.05, 0.1) is 12.8 Å². The number of nitrogens with zero attached hydrogens (tertiary/aromatic N) is 2. The van der Waals surface area contributed by atoms with Crippen LogP contribution in [0.15, 0.2) is 53.1 Å². The molecule has 2 rings (SSSR count). The molecule has 0 aliphatic heterocycles. The molecule has 1 heterocycles. The van der Waals surface area contributed by atoms with Gasteiger partial charge < -0.3 is 14.2 Å². The molecule has 1 atom stereocenters. The quantitative estimate of drug-likeness (QED) is 0.660. The molecule has 2 aromatic rings. The minimum absolute atomic E-state index is 0.0128. The summed E-state index contributed by atoms with van der Waals surface area (Å²) in [5.74, 6) is 0.305. The first-order chi connectivity index (χ1) is 12.4. The minimum atomic E-state index is -0.669. The highest BCUT2D eigenvalue weighted by molar-refractivity contribution is 6.30. The molecule has 0 aliphatic carbocycles. The van der Waals surface area contributed by atoms with Gasteiger partial charge in [0, 0.05) is 12.6 Å². The fourth-order valence-corrected chi connectivity index (χ4v) is 2.74. The second-order valence-electron chi connectivity index (χ2n) is 6.49. The fourth-order valence-electron chi connectivity index (χ4n) is 2.62. The fraction of sp³-hybridized carbons (Fsp3) is 0.400. The lowest BCUT2D eigenvalue weighted by atomic mass is 10.2. The predicted molar refractivity (Wildman–Crippen MR) is 102 cm³/mol. The molecule has 1 aromatic carbocycles. The van der Waals surface area contributed by atoms with Gasteiger partial charge in [0.1, 0.15) is 17.7 Å². The van der Waals surface area contributed by atoms with E-state index in [1.165, 1.54) is 4.90 Å². The lowest BCUT2D eigenvalue weighted by Gasteiger charge is -2.30. The normalized spacial score (nSPS) is 12.0. The lowest BCUT2D eigenvalue weighted by Crippen LogP contribution is -2.47. The van der Waals surface area contributed by atoms with Crippen molar-refractivity contribution in [2.75, 3.05) is 6.54 Å². The Morgan fingerprint density at radius 3 is 2.27 bits per heavy atom. The van der Waals surface area contributed by atoms with Gasteiger partial charge >= 0.3 is 0 Å². The summed E-state index contributed by atoms with van der Waals surface area (Å²) < 4.78 is 5.39. The molecule has 1 aromatic heterocycles. The van der Waals surface area contributed by atoms with Gasteiger partial charge in [-0.3, -0.25) is 9.59 Å². The third kappa shape index (κ3) is 5.63. The van der Waals surface area contributed by atoms with Crippen molar-refractivity contribution in [3.05, 3.63) is 60.1 Å². The van der Waals surface area contributed by atoms with E-state index in [0.29, 0.717) is 18.8 Å². The van der Waals surface area contributed by atoms with Crippen molar-refractivity contribution in [2.45, 2.75) is 45.3 Å². The average molecular weight is 377 g/mol. The first-order valence-electron chi connectivity index (χ1n) is 8.67. The van der Waals surface area contributed by atoms with E-state index in [9.17, 15) is 9.59 Å². The van der Waals surface area contributed by atoms with E-state index >= 15 is 0 Å². The molecule has 6 heteroatoms. The smallest absolute Gasteiger partial charge is 0.242 e. The van der Waals surface area contributed by atoms with E-state index in [0.717, 1.165) is 5.56 Å². The third-order valence-corrected chi connectivity index (χ3v) is 4.23. The van der Waals surface area contributed by atoms with E-state index in [1.54, 1.807) is 24.2 Å². The maximum Gasteiger partial charge on any atom is 0.242 e. The summed E-state index contributed by atoms with van der Waals surface area (Å²) in [5.41, 5.74) is 1.01. The van der Waals surface area contributed by atoms with E-state index < -0.39 is 5.38 Å². The highest BCUT2D eigenvalue weighted by Gasteiger charge is 2.26. The molecule has 0 saturated carbocycles. The summed E-state index contributed by atoms with van der Waals surface area (Å²) in [4.78, 5) is 28.5. The van der Waals surface area contributed by atoms with Crippen LogP contribution < -0.4 is 0 Å². The zero-order valence-electron chi connectivity index (χ0n) is 15.4. The second kappa shape index (κ2) is 9.43. The molecule has 0 bridgehead atoms. The number of rotatable bonds is 8. The van der Waals surface area contributed by atoms with Crippen molar-refractivity contribution in [3.8, 4) is 0 Å². The number of amides is 2. The van der Waals surface area contributed by atoms with Crippen LogP contribution in [0.3, 0.4) is 0 Å². The molecule has 140 valence electrons. The number of carbonyl (C=O) groups is 2. The van der Waals surface area contributed by atoms with Gasteiger partial charge in [-0.2, -0.15) is 0 Å². The Bertz CT molecular complexity index is 699. The number of furan rings is 1. The summed E-state index contributed by atoms with van der Waals surface area (Å²) in [6.07, 6.45) is 1.58. The van der Waals surface area contributed by atoms with Crippen LogP contribution >= 0.6 is 11.6 Å². The standard InChI is InChI=1S/C20H25ClN2O3/c1-15(2)23(20(25)16(3)21)14-19(24)22(13-18-10-7-11-26-18)12-17-8-5-4-6-9-17/h4-11,15-16H,12-14H2,1-3H3/t16-/m0/s1. The summed E-state index contributed by atoms with van der Waals surface area (Å²) in [5, 5.41) is -0.669. The Labute approximate surface area is 159 Å². The highest BCUT2D eigenvalue weighted by Crippen LogP contribution is 2.13. The highest BCUT2D eigenvalue weighted by atomic mass is 35.5. The maximum atomic E-state index is 13.0. The van der Waals surface area contributed by atoms with E-state index in [-0.39, 0.29) is 24.4 Å². The minimum Gasteiger partial charge on any atom is -0.467 e. The number of carbonyl (C=O) groups excluding carboxylic acids is 2. The summed E-state index contributed by atoms with van der Waals surface area (Å²) in [6.45, 7) is 6.14. The van der Waals surface area contributed by atoms with Crippen LogP contribution in [0.4, 0.5) is 0 Å². The molecule has 0 fully saturated rings. The van der Waals surface area contributed by atoms with Crippen LogP contribution in [0.25, 0.3) is 0 Å². The Hall–Kier alpha value is -2.27. The second-order valence-corrected chi connectivity index (χ2v) is 7.15. The van der Waals surface area contributed by atoms with Gasteiger partial charge in [-0.1, -0.05) is 30.3 Å². The van der Waals surface area contributed by atoms with Crippen molar-refractivity contribution in [3.63, 3.8) is 0 Å². The van der Waals surface area contributed by atoms with Crippen LogP contribution in [0.1, 0.15) is 32.1 Å². The Morgan fingerprint density at radius 2 is 1.73 bits per heavy atom. The number of benzene rings is 1. The number of halogens is 1. The van der Waals surface area contributed by atoms with Gasteiger partial charge in [-0.15, -0.1) is 11.6 Å². The summed E-state index contributed by atoms with van der Waals surface area (Å²) >= 11 is 5.94. The predicted octanol–water partition coefficient (Wildman–Crippen LogP) is 3.67. The summed E-state index contributed by atoms with van der Waals surface area (Å²) in [7, 11) is 0. The average Bonchev–Trinajstić information content (AvgIpc) is 3.12. The zero-order chi connectivity index (χ0) is 19.1. The topological polar surface area (TPSA) is 53.8 Å². The molecular formula is C20H25ClN2O3. The maximum absolute atomic E-state index is 13.0. The van der Waals surface area contributed by atoms with Gasteiger partial charge in [0.2, 0.25) is 11.8 Å². The molecule has 0 aliphatic rings. The monoisotopic (exact) mass is 376 g/mol. The SMILES string of the molecule is CC(C)N(CC(=O)N(Cc1ccccc1)Cc1ccco1)C(=O)[C@H](C)Cl. The Kier molecular flexibility index (Phi) is 7.27. The van der Waals surface area contributed by atoms with Crippen LogP contribution in [0.5, 0.6) is 0 Å². The van der Waals surface area contributed by atoms with Crippen LogP contribution in [0.2, 0.25) is 0 Å². The van der Waals surface area contributed by atoms with E-state index in [4.69, 9.17) is 16.0 Å². The van der Waals surface area contributed by atoms with Gasteiger partial charge in [-0.05, 0) is 38.5 Å². The van der Waals surface area contributed by atoms with Crippen LogP contribution in [-0.2, 0) is 22.7 Å². The van der Waals surface area contributed by atoms with Crippen molar-refractivity contribution in [2.24, 2.45) is 0 Å². The van der Waals surface area contributed by atoms with Crippen molar-refractivity contribution < 1.29 is 14.0 Å². The van der Waals surface area contributed by atoms with Gasteiger partial charge in [0.15, 0.2) is 0 Å². The molecule has 0 N–H and O–H groups in total. The molecule has 0 saturated heterocycles. The number of hydrogen-bond donors (Lipinski definition) is 0. The van der Waals surface area contributed by atoms with Crippen molar-refractivity contribution in [1.82, 2.24) is 9.80 Å². The summed E-state index contributed by atoms with van der Waals surface area (Å²) in [6, 6.07) is 13.2. The molecule has 0 radical (unpaired) electrons. The van der Waals surface area contributed by atoms with Crippen LogP contribution in [-0.4, -0.2) is 39.6 Å². The Morgan fingerprint density at radius 1 is 1.04 bits per heavy atom. The van der Waals surface area contributed by atoms with Gasteiger partial charge in [0.25, 0.3) is 0 Å². The van der Waals surface area contributed by atoms with E-state index in [1.807, 2.05) is 50.2 Å². The lowest BCUT2D eigenvalue weighted by molar-refractivity contribution is -0.142. The molecule has 0 unspecified atom stereocenters.